The number of alkyl halides is 4. The number of benzene rings is 1. The van der Waals surface area contributed by atoms with E-state index in [9.17, 15) is 17.6 Å². The first-order chi connectivity index (χ1) is 14.8. The monoisotopic (exact) mass is 473 g/mol. The van der Waals surface area contributed by atoms with Crippen molar-refractivity contribution in [1.82, 2.24) is 29.7 Å². The fraction of sp³-hybridized carbons (Fsp3) is 0.235. The highest BCUT2D eigenvalue weighted by molar-refractivity contribution is 7.14. The Hall–Kier alpha value is -3.06. The van der Waals surface area contributed by atoms with E-state index in [2.05, 4.69) is 35.1 Å². The molecule has 1 aromatic carbocycles. The molecule has 1 atom stereocenters. The van der Waals surface area contributed by atoms with Crippen LogP contribution < -0.4 is 10.1 Å². The summed E-state index contributed by atoms with van der Waals surface area (Å²) in [5.41, 5.74) is 0.136. The second-order valence-electron chi connectivity index (χ2n) is 6.14. The molecule has 4 rings (SSSR count). The number of halogens is 5. The van der Waals surface area contributed by atoms with E-state index in [0.29, 0.717) is 11.2 Å². The summed E-state index contributed by atoms with van der Waals surface area (Å²) in [5.74, 6) is 0.454. The molecule has 0 saturated carbocycles. The predicted molar refractivity (Wildman–Crippen MR) is 105 cm³/mol. The Morgan fingerprint density at radius 2 is 1.90 bits per heavy atom. The summed E-state index contributed by atoms with van der Waals surface area (Å²) in [6.45, 7) is -1.32. The molecule has 0 aliphatic rings. The van der Waals surface area contributed by atoms with Crippen LogP contribution in [0.1, 0.15) is 30.1 Å². The van der Waals surface area contributed by atoms with Gasteiger partial charge in [0.25, 0.3) is 6.43 Å². The molecule has 0 saturated heterocycles. The summed E-state index contributed by atoms with van der Waals surface area (Å²) in [6, 6.07) is 2.21. The number of thiazole rings is 1. The molecule has 0 amide bonds. The molecular formula is C17H12ClF4N7OS. The van der Waals surface area contributed by atoms with Crippen LogP contribution >= 0.6 is 22.9 Å². The van der Waals surface area contributed by atoms with Crippen molar-refractivity contribution >= 4 is 39.7 Å². The highest BCUT2D eigenvalue weighted by Gasteiger charge is 2.21. The molecule has 14 heteroatoms. The summed E-state index contributed by atoms with van der Waals surface area (Å²) in [5, 5.41) is 7.86. The molecular weight excluding hydrogens is 462 g/mol. The Kier molecular flexibility index (Phi) is 5.87. The van der Waals surface area contributed by atoms with Gasteiger partial charge in [-0.25, -0.2) is 28.7 Å². The van der Waals surface area contributed by atoms with Crippen LogP contribution in [-0.2, 0) is 0 Å². The molecule has 8 nitrogen and oxygen atoms in total. The quantitative estimate of drug-likeness (QED) is 0.376. The largest absolute Gasteiger partial charge is 0.432 e. The highest BCUT2D eigenvalue weighted by Crippen LogP contribution is 2.34. The van der Waals surface area contributed by atoms with Crippen LogP contribution in [0.5, 0.6) is 5.75 Å². The topological polar surface area (TPSA) is 90.6 Å². The van der Waals surface area contributed by atoms with Crippen LogP contribution in [0.25, 0.3) is 16.0 Å². The number of ether oxygens (including phenoxy) is 1. The van der Waals surface area contributed by atoms with E-state index in [0.717, 1.165) is 17.5 Å². The lowest BCUT2D eigenvalue weighted by molar-refractivity contribution is -0.0489. The molecule has 0 unspecified atom stereocenters. The van der Waals surface area contributed by atoms with Gasteiger partial charge in [-0.15, -0.1) is 0 Å². The Bertz CT molecular complexity index is 1220. The lowest BCUT2D eigenvalue weighted by atomic mass is 10.2. The molecule has 1 N–H and O–H groups in total. The summed E-state index contributed by atoms with van der Waals surface area (Å²) < 4.78 is 57.1. The minimum absolute atomic E-state index is 0.136. The van der Waals surface area contributed by atoms with E-state index in [1.807, 2.05) is 0 Å². The fourth-order valence-electron chi connectivity index (χ4n) is 2.84. The van der Waals surface area contributed by atoms with Crippen molar-refractivity contribution in [2.24, 2.45) is 0 Å². The van der Waals surface area contributed by atoms with Gasteiger partial charge in [-0.2, -0.15) is 18.6 Å². The Labute approximate surface area is 180 Å². The maximum absolute atomic E-state index is 12.9. The van der Waals surface area contributed by atoms with Crippen molar-refractivity contribution in [3.63, 3.8) is 0 Å². The molecule has 162 valence electrons. The van der Waals surface area contributed by atoms with Crippen LogP contribution in [0.4, 0.5) is 23.4 Å². The number of fused-ring (bicyclic) bond motifs is 1. The normalized spacial score (nSPS) is 12.6. The second-order valence-corrected chi connectivity index (χ2v) is 7.62. The molecule has 4 aromatic rings. The number of anilines is 1. The van der Waals surface area contributed by atoms with Gasteiger partial charge in [0.05, 0.1) is 10.9 Å². The zero-order chi connectivity index (χ0) is 22.1. The maximum Gasteiger partial charge on any atom is 0.387 e. The Morgan fingerprint density at radius 3 is 2.61 bits per heavy atom. The van der Waals surface area contributed by atoms with E-state index in [4.69, 9.17) is 11.6 Å². The molecule has 0 bridgehead atoms. The third-order valence-electron chi connectivity index (χ3n) is 4.11. The molecule has 0 aliphatic heterocycles. The smallest absolute Gasteiger partial charge is 0.387 e. The lowest BCUT2D eigenvalue weighted by Crippen LogP contribution is -2.15. The van der Waals surface area contributed by atoms with E-state index in [-0.39, 0.29) is 32.1 Å². The standard InChI is InChI=1S/C17H12ClF4N7OS/c1-7(15-26-6-27-29(15)17-23-4-11(31-17)13(19)20)28-14-9-2-8(18)3-10(30-16(21)22)12(9)24-5-25-14/h2-7,13,16H,1H3,(H,24,25,28)/t7-/m0/s1. The van der Waals surface area contributed by atoms with Crippen molar-refractivity contribution in [1.29, 1.82) is 0 Å². The van der Waals surface area contributed by atoms with E-state index < -0.39 is 19.1 Å². The minimum atomic E-state index is -3.05. The van der Waals surface area contributed by atoms with Crippen LogP contribution in [0, 0.1) is 0 Å². The average Bonchev–Trinajstić information content (AvgIpc) is 3.37. The predicted octanol–water partition coefficient (Wildman–Crippen LogP) is 5.03. The average molecular weight is 474 g/mol. The van der Waals surface area contributed by atoms with Crippen molar-refractivity contribution < 1.29 is 22.3 Å². The number of nitrogens with zero attached hydrogens (tertiary/aromatic N) is 6. The van der Waals surface area contributed by atoms with Crippen LogP contribution in [0.3, 0.4) is 0 Å². The lowest BCUT2D eigenvalue weighted by Gasteiger charge is -2.16. The number of aromatic nitrogens is 6. The number of rotatable bonds is 7. The molecule has 0 aliphatic carbocycles. The van der Waals surface area contributed by atoms with Crippen molar-refractivity contribution in [3.05, 3.63) is 46.7 Å². The van der Waals surface area contributed by atoms with Gasteiger partial charge in [0.2, 0.25) is 5.13 Å². The first kappa shape index (κ1) is 21.2. The van der Waals surface area contributed by atoms with Crippen LogP contribution in [0.2, 0.25) is 5.02 Å². The van der Waals surface area contributed by atoms with Gasteiger partial charge >= 0.3 is 6.61 Å². The molecule has 31 heavy (non-hydrogen) atoms. The molecule has 0 radical (unpaired) electrons. The highest BCUT2D eigenvalue weighted by atomic mass is 35.5. The Morgan fingerprint density at radius 1 is 1.10 bits per heavy atom. The molecule has 3 heterocycles. The maximum atomic E-state index is 12.9. The van der Waals surface area contributed by atoms with Gasteiger partial charge in [-0.3, -0.25) is 0 Å². The van der Waals surface area contributed by atoms with E-state index >= 15 is 0 Å². The minimum Gasteiger partial charge on any atom is -0.432 e. The van der Waals surface area contributed by atoms with Crippen molar-refractivity contribution in [2.75, 3.05) is 5.32 Å². The van der Waals surface area contributed by atoms with Crippen LogP contribution in [-0.4, -0.2) is 36.3 Å². The number of hydrogen-bond acceptors (Lipinski definition) is 8. The van der Waals surface area contributed by atoms with Gasteiger partial charge in [-0.1, -0.05) is 22.9 Å². The Balaban J connectivity index is 1.68. The first-order valence-corrected chi connectivity index (χ1v) is 9.82. The summed E-state index contributed by atoms with van der Waals surface area (Å²) in [6.07, 6.45) is 0.888. The van der Waals surface area contributed by atoms with Gasteiger partial charge < -0.3 is 10.1 Å². The summed E-state index contributed by atoms with van der Waals surface area (Å²) in [7, 11) is 0. The van der Waals surface area contributed by atoms with Gasteiger partial charge in [0.1, 0.15) is 24.0 Å². The SMILES string of the molecule is C[C@H](Nc1ncnc2c(OC(F)F)cc(Cl)cc12)c1ncnn1-c1ncc(C(F)F)s1. The number of hydrogen-bond donors (Lipinski definition) is 1. The molecule has 3 aromatic heterocycles. The van der Waals surface area contributed by atoms with Crippen molar-refractivity contribution in [3.8, 4) is 10.9 Å². The summed E-state index contributed by atoms with van der Waals surface area (Å²) >= 11 is 6.84. The van der Waals surface area contributed by atoms with Gasteiger partial charge in [0, 0.05) is 22.7 Å². The third kappa shape index (κ3) is 4.37. The first-order valence-electron chi connectivity index (χ1n) is 8.63. The van der Waals surface area contributed by atoms with E-state index in [1.54, 1.807) is 6.92 Å². The van der Waals surface area contributed by atoms with Crippen LogP contribution in [0.15, 0.2) is 31.0 Å². The zero-order valence-corrected chi connectivity index (χ0v) is 17.1. The van der Waals surface area contributed by atoms with E-state index in [1.165, 1.54) is 29.5 Å². The molecule has 0 spiro atoms. The molecule has 0 fully saturated rings. The fourth-order valence-corrected chi connectivity index (χ4v) is 3.79. The second kappa shape index (κ2) is 8.59. The van der Waals surface area contributed by atoms with Gasteiger partial charge in [-0.05, 0) is 13.0 Å². The third-order valence-corrected chi connectivity index (χ3v) is 5.31. The zero-order valence-electron chi connectivity index (χ0n) is 15.5. The number of nitrogens with one attached hydrogen (secondary N) is 1. The van der Waals surface area contributed by atoms with Gasteiger partial charge in [0.15, 0.2) is 11.6 Å². The summed E-state index contributed by atoms with van der Waals surface area (Å²) in [4.78, 5) is 16.1. The van der Waals surface area contributed by atoms with Crippen molar-refractivity contribution in [2.45, 2.75) is 26.0 Å².